The maximum atomic E-state index is 11.6. The molecule has 0 aliphatic heterocycles. The van der Waals surface area contributed by atoms with Crippen molar-refractivity contribution in [3.8, 4) is 0 Å². The van der Waals surface area contributed by atoms with E-state index >= 15 is 0 Å². The summed E-state index contributed by atoms with van der Waals surface area (Å²) in [5.41, 5.74) is 0.597. The first-order valence-electron chi connectivity index (χ1n) is 6.34. The first-order valence-corrected chi connectivity index (χ1v) is 7.10. The molecule has 21 heavy (non-hydrogen) atoms. The van der Waals surface area contributed by atoms with Crippen molar-refractivity contribution in [3.05, 3.63) is 52.3 Å². The molecule has 0 amide bonds. The second-order valence-electron chi connectivity index (χ2n) is 4.66. The summed E-state index contributed by atoms with van der Waals surface area (Å²) in [6.45, 7) is 1.15. The Hall–Kier alpha value is -1.56. The molecule has 2 rings (SSSR count). The number of nitrogens with zero attached hydrogens (tertiary/aromatic N) is 3. The molecular formula is C14H15Cl2N3O2. The number of likely N-dealkylation sites (N-methyl/N-ethyl adjacent to an activating group) is 1. The van der Waals surface area contributed by atoms with Gasteiger partial charge in [-0.2, -0.15) is 5.10 Å². The van der Waals surface area contributed by atoms with E-state index in [4.69, 9.17) is 23.2 Å². The van der Waals surface area contributed by atoms with E-state index in [9.17, 15) is 9.90 Å². The molecule has 1 aromatic carbocycles. The maximum Gasteiger partial charge on any atom is 0.325 e. The van der Waals surface area contributed by atoms with Crippen LogP contribution in [-0.2, 0) is 11.3 Å². The number of carboxylic acid groups (broad SMARTS) is 1. The number of carboxylic acids is 1. The number of aromatic nitrogens is 2. The highest BCUT2D eigenvalue weighted by Crippen LogP contribution is 2.28. The van der Waals surface area contributed by atoms with E-state index in [1.165, 1.54) is 0 Å². The molecule has 7 heteroatoms. The molecule has 1 unspecified atom stereocenters. The highest BCUT2D eigenvalue weighted by Gasteiger charge is 2.25. The summed E-state index contributed by atoms with van der Waals surface area (Å²) < 4.78 is 1.75. The molecule has 5 nitrogen and oxygen atoms in total. The lowest BCUT2D eigenvalue weighted by Crippen LogP contribution is -2.33. The molecule has 0 spiro atoms. The monoisotopic (exact) mass is 327 g/mol. The zero-order valence-electron chi connectivity index (χ0n) is 11.4. The maximum absolute atomic E-state index is 11.6. The van der Waals surface area contributed by atoms with Gasteiger partial charge in [0.15, 0.2) is 0 Å². The SMILES string of the molecule is CN(CCn1cccn1)C(C(=O)O)c1ccc(Cl)c(Cl)c1. The summed E-state index contributed by atoms with van der Waals surface area (Å²) in [6, 6.07) is 5.92. The van der Waals surface area contributed by atoms with Crippen molar-refractivity contribution in [1.82, 2.24) is 14.7 Å². The van der Waals surface area contributed by atoms with E-state index in [2.05, 4.69) is 5.10 Å². The fraction of sp³-hybridized carbons (Fsp3) is 0.286. The summed E-state index contributed by atoms with van der Waals surface area (Å²) in [7, 11) is 1.75. The molecule has 2 aromatic rings. The third-order valence-corrected chi connectivity index (χ3v) is 3.91. The number of halogens is 2. The van der Waals surface area contributed by atoms with Gasteiger partial charge in [0.2, 0.25) is 0 Å². The molecule has 1 N–H and O–H groups in total. The summed E-state index contributed by atoms with van der Waals surface area (Å²) in [6.07, 6.45) is 3.52. The lowest BCUT2D eigenvalue weighted by atomic mass is 10.1. The Labute approximate surface area is 132 Å². The number of rotatable bonds is 6. The van der Waals surface area contributed by atoms with Gasteiger partial charge in [0.25, 0.3) is 0 Å². The first-order chi connectivity index (χ1) is 9.99. The Morgan fingerprint density at radius 3 is 2.76 bits per heavy atom. The lowest BCUT2D eigenvalue weighted by molar-refractivity contribution is -0.143. The Balaban J connectivity index is 2.13. The first kappa shape index (κ1) is 15.8. The van der Waals surface area contributed by atoms with Gasteiger partial charge in [-0.1, -0.05) is 29.3 Å². The van der Waals surface area contributed by atoms with Gasteiger partial charge in [-0.3, -0.25) is 14.4 Å². The van der Waals surface area contributed by atoms with Crippen molar-refractivity contribution in [2.24, 2.45) is 0 Å². The standard InChI is InChI=1S/C14H15Cl2N3O2/c1-18(7-8-19-6-2-5-17-19)13(14(20)21)10-3-4-11(15)12(16)9-10/h2-6,9,13H,7-8H2,1H3,(H,20,21). The van der Waals surface area contributed by atoms with Gasteiger partial charge >= 0.3 is 5.97 Å². The highest BCUT2D eigenvalue weighted by molar-refractivity contribution is 6.42. The molecule has 0 radical (unpaired) electrons. The van der Waals surface area contributed by atoms with Crippen LogP contribution < -0.4 is 0 Å². The molecule has 1 aromatic heterocycles. The molecule has 0 bridgehead atoms. The predicted molar refractivity (Wildman–Crippen MR) is 81.7 cm³/mol. The minimum atomic E-state index is -0.934. The third-order valence-electron chi connectivity index (χ3n) is 3.18. The van der Waals surface area contributed by atoms with Crippen molar-refractivity contribution >= 4 is 29.2 Å². The van der Waals surface area contributed by atoms with Crippen LogP contribution in [0.5, 0.6) is 0 Å². The molecule has 0 aliphatic rings. The minimum Gasteiger partial charge on any atom is -0.480 e. The van der Waals surface area contributed by atoms with E-state index in [0.717, 1.165) is 0 Å². The fourth-order valence-electron chi connectivity index (χ4n) is 2.09. The lowest BCUT2D eigenvalue weighted by Gasteiger charge is -2.25. The van der Waals surface area contributed by atoms with Crippen LogP contribution in [0.25, 0.3) is 0 Å². The van der Waals surface area contributed by atoms with Crippen LogP contribution in [0.3, 0.4) is 0 Å². The molecule has 1 heterocycles. The van der Waals surface area contributed by atoms with Crippen molar-refractivity contribution in [3.63, 3.8) is 0 Å². The van der Waals surface area contributed by atoms with Crippen LogP contribution in [0.2, 0.25) is 10.0 Å². The Morgan fingerprint density at radius 2 is 2.19 bits per heavy atom. The largest absolute Gasteiger partial charge is 0.480 e. The van der Waals surface area contributed by atoms with E-state index in [-0.39, 0.29) is 0 Å². The fourth-order valence-corrected chi connectivity index (χ4v) is 2.40. The molecule has 112 valence electrons. The summed E-state index contributed by atoms with van der Waals surface area (Å²) >= 11 is 11.8. The van der Waals surface area contributed by atoms with Crippen LogP contribution in [0.1, 0.15) is 11.6 Å². The Morgan fingerprint density at radius 1 is 1.43 bits per heavy atom. The van der Waals surface area contributed by atoms with Crippen molar-refractivity contribution in [2.75, 3.05) is 13.6 Å². The predicted octanol–water partition coefficient (Wildman–Crippen LogP) is 2.95. The Bertz CT molecular complexity index is 617. The second kappa shape index (κ2) is 6.93. The molecule has 0 aliphatic carbocycles. The smallest absolute Gasteiger partial charge is 0.325 e. The average molecular weight is 328 g/mol. The molecule has 0 saturated heterocycles. The van der Waals surface area contributed by atoms with Crippen LogP contribution in [-0.4, -0.2) is 39.3 Å². The van der Waals surface area contributed by atoms with Gasteiger partial charge in [0.1, 0.15) is 6.04 Å². The average Bonchev–Trinajstić information content (AvgIpc) is 2.93. The molecule has 0 fully saturated rings. The van der Waals surface area contributed by atoms with Gasteiger partial charge in [-0.15, -0.1) is 0 Å². The van der Waals surface area contributed by atoms with Gasteiger partial charge in [-0.25, -0.2) is 0 Å². The van der Waals surface area contributed by atoms with Crippen LogP contribution in [0.15, 0.2) is 36.7 Å². The van der Waals surface area contributed by atoms with E-state index in [1.807, 2.05) is 12.3 Å². The normalized spacial score (nSPS) is 12.6. The van der Waals surface area contributed by atoms with Gasteiger partial charge in [0, 0.05) is 18.9 Å². The van der Waals surface area contributed by atoms with Crippen LogP contribution >= 0.6 is 23.2 Å². The van der Waals surface area contributed by atoms with Gasteiger partial charge in [-0.05, 0) is 30.8 Å². The Kier molecular flexibility index (Phi) is 5.22. The number of hydrogen-bond donors (Lipinski definition) is 1. The second-order valence-corrected chi connectivity index (χ2v) is 5.48. The summed E-state index contributed by atoms with van der Waals surface area (Å²) in [5, 5.41) is 14.3. The number of carbonyl (C=O) groups is 1. The van der Waals surface area contributed by atoms with Crippen molar-refractivity contribution in [1.29, 1.82) is 0 Å². The number of aliphatic carboxylic acids is 1. The van der Waals surface area contributed by atoms with Crippen LogP contribution in [0.4, 0.5) is 0 Å². The number of benzene rings is 1. The minimum absolute atomic E-state index is 0.348. The van der Waals surface area contributed by atoms with Gasteiger partial charge < -0.3 is 5.11 Å². The highest BCUT2D eigenvalue weighted by atomic mass is 35.5. The number of hydrogen-bond acceptors (Lipinski definition) is 3. The van der Waals surface area contributed by atoms with E-state index < -0.39 is 12.0 Å². The molecule has 1 atom stereocenters. The topological polar surface area (TPSA) is 58.4 Å². The zero-order valence-corrected chi connectivity index (χ0v) is 12.9. The van der Waals surface area contributed by atoms with Gasteiger partial charge in [0.05, 0.1) is 16.6 Å². The van der Waals surface area contributed by atoms with Crippen molar-refractivity contribution in [2.45, 2.75) is 12.6 Å². The van der Waals surface area contributed by atoms with E-state index in [1.54, 1.807) is 41.0 Å². The third kappa shape index (κ3) is 3.97. The van der Waals surface area contributed by atoms with E-state index in [0.29, 0.717) is 28.7 Å². The zero-order chi connectivity index (χ0) is 15.4. The van der Waals surface area contributed by atoms with Crippen molar-refractivity contribution < 1.29 is 9.90 Å². The summed E-state index contributed by atoms with van der Waals surface area (Å²) in [5.74, 6) is -0.934. The summed E-state index contributed by atoms with van der Waals surface area (Å²) in [4.78, 5) is 13.3. The quantitative estimate of drug-likeness (QED) is 0.886. The molecular weight excluding hydrogens is 313 g/mol. The molecule has 0 saturated carbocycles. The van der Waals surface area contributed by atoms with Crippen LogP contribution in [0, 0.1) is 0 Å².